The zero-order valence-corrected chi connectivity index (χ0v) is 14.1. The molecule has 6 heteroatoms. The Bertz CT molecular complexity index is 747. The monoisotopic (exact) mass is 347 g/mol. The number of amides is 1. The Morgan fingerprint density at radius 2 is 1.88 bits per heavy atom. The first-order valence-corrected chi connectivity index (χ1v) is 8.20. The minimum absolute atomic E-state index is 0.130. The molecule has 1 amide bonds. The van der Waals surface area contributed by atoms with Gasteiger partial charge in [-0.3, -0.25) is 9.59 Å². The van der Waals surface area contributed by atoms with Gasteiger partial charge in [0.1, 0.15) is 5.76 Å². The van der Waals surface area contributed by atoms with Gasteiger partial charge in [-0.15, -0.1) is 0 Å². The summed E-state index contributed by atoms with van der Waals surface area (Å²) in [6.45, 7) is 1.03. The molecule has 0 radical (unpaired) electrons. The molecule has 0 saturated carbocycles. The van der Waals surface area contributed by atoms with Gasteiger partial charge in [0, 0.05) is 18.7 Å². The topological polar surface area (TPSA) is 59.8 Å². The van der Waals surface area contributed by atoms with E-state index in [1.165, 1.54) is 7.11 Å². The van der Waals surface area contributed by atoms with Crippen molar-refractivity contribution in [1.82, 2.24) is 4.90 Å². The van der Waals surface area contributed by atoms with Crippen LogP contribution in [0.2, 0.25) is 5.02 Å². The number of hydrogen-bond donors (Lipinski definition) is 0. The molecule has 0 atom stereocenters. The Balaban J connectivity index is 1.69. The first-order chi connectivity index (χ1) is 11.6. The maximum absolute atomic E-state index is 12.6. The van der Waals surface area contributed by atoms with Crippen LogP contribution in [-0.4, -0.2) is 37.0 Å². The SMILES string of the molecule is COC(=O)C1CCN(C(=O)c2ccc(-c3ccccc3Cl)o2)CC1. The molecule has 2 aromatic rings. The van der Waals surface area contributed by atoms with E-state index in [1.54, 1.807) is 23.1 Å². The van der Waals surface area contributed by atoms with Gasteiger partial charge < -0.3 is 14.1 Å². The van der Waals surface area contributed by atoms with Gasteiger partial charge in [0.2, 0.25) is 0 Å². The zero-order valence-electron chi connectivity index (χ0n) is 13.3. The van der Waals surface area contributed by atoms with Gasteiger partial charge in [-0.05, 0) is 37.1 Å². The molecular formula is C18H18ClNO4. The van der Waals surface area contributed by atoms with Crippen molar-refractivity contribution >= 4 is 23.5 Å². The van der Waals surface area contributed by atoms with Gasteiger partial charge >= 0.3 is 5.97 Å². The molecule has 0 bridgehead atoms. The fourth-order valence-electron chi connectivity index (χ4n) is 2.90. The van der Waals surface area contributed by atoms with Crippen LogP contribution in [0, 0.1) is 5.92 Å². The van der Waals surface area contributed by atoms with Crippen molar-refractivity contribution in [2.75, 3.05) is 20.2 Å². The van der Waals surface area contributed by atoms with Gasteiger partial charge in [0.25, 0.3) is 5.91 Å². The van der Waals surface area contributed by atoms with Gasteiger partial charge in [-0.2, -0.15) is 0 Å². The minimum atomic E-state index is -0.207. The lowest BCUT2D eigenvalue weighted by Gasteiger charge is -2.30. The first kappa shape index (κ1) is 16.6. The highest BCUT2D eigenvalue weighted by Crippen LogP contribution is 2.30. The molecule has 1 aromatic carbocycles. The van der Waals surface area contributed by atoms with Gasteiger partial charge in [0.05, 0.1) is 18.1 Å². The number of hydrogen-bond acceptors (Lipinski definition) is 4. The maximum Gasteiger partial charge on any atom is 0.308 e. The molecule has 1 aromatic heterocycles. The fraction of sp³-hybridized carbons (Fsp3) is 0.333. The summed E-state index contributed by atoms with van der Waals surface area (Å²) in [5.41, 5.74) is 0.752. The number of methoxy groups -OCH3 is 1. The van der Waals surface area contributed by atoms with Crippen LogP contribution in [0.1, 0.15) is 23.4 Å². The maximum atomic E-state index is 12.6. The van der Waals surface area contributed by atoms with Gasteiger partial charge in [0.15, 0.2) is 5.76 Å². The van der Waals surface area contributed by atoms with Crippen molar-refractivity contribution in [3.05, 3.63) is 47.2 Å². The highest BCUT2D eigenvalue weighted by atomic mass is 35.5. The number of piperidine rings is 1. The predicted molar refractivity (Wildman–Crippen MR) is 89.8 cm³/mol. The van der Waals surface area contributed by atoms with E-state index in [0.29, 0.717) is 36.7 Å². The van der Waals surface area contributed by atoms with E-state index in [4.69, 9.17) is 20.8 Å². The number of nitrogens with zero attached hydrogens (tertiary/aromatic N) is 1. The summed E-state index contributed by atoms with van der Waals surface area (Å²) in [7, 11) is 1.39. The Labute approximate surface area is 145 Å². The molecule has 126 valence electrons. The number of ether oxygens (including phenoxy) is 1. The third-order valence-electron chi connectivity index (χ3n) is 4.27. The summed E-state index contributed by atoms with van der Waals surface area (Å²) in [6.07, 6.45) is 1.22. The second kappa shape index (κ2) is 7.09. The molecule has 0 spiro atoms. The van der Waals surface area contributed by atoms with E-state index in [-0.39, 0.29) is 23.6 Å². The van der Waals surface area contributed by atoms with E-state index >= 15 is 0 Å². The third kappa shape index (κ3) is 3.31. The van der Waals surface area contributed by atoms with E-state index in [9.17, 15) is 9.59 Å². The standard InChI is InChI=1S/C18H18ClNO4/c1-23-18(22)12-8-10-20(11-9-12)17(21)16-7-6-15(24-16)13-4-2-3-5-14(13)19/h2-7,12H,8-11H2,1H3. The summed E-state index contributed by atoms with van der Waals surface area (Å²) >= 11 is 6.16. The van der Waals surface area contributed by atoms with Crippen LogP contribution in [0.4, 0.5) is 0 Å². The van der Waals surface area contributed by atoms with Crippen molar-refractivity contribution in [3.63, 3.8) is 0 Å². The molecule has 1 aliphatic rings. The second-order valence-corrected chi connectivity index (χ2v) is 6.14. The number of rotatable bonds is 3. The van der Waals surface area contributed by atoms with Crippen molar-refractivity contribution in [1.29, 1.82) is 0 Å². The van der Waals surface area contributed by atoms with Crippen molar-refractivity contribution in [2.45, 2.75) is 12.8 Å². The van der Waals surface area contributed by atoms with E-state index in [1.807, 2.05) is 18.2 Å². The third-order valence-corrected chi connectivity index (χ3v) is 4.60. The van der Waals surface area contributed by atoms with Crippen LogP contribution in [0.3, 0.4) is 0 Å². The Hall–Kier alpha value is -2.27. The average Bonchev–Trinajstić information content (AvgIpc) is 3.11. The van der Waals surface area contributed by atoms with Crippen molar-refractivity contribution < 1.29 is 18.7 Å². The normalized spacial score (nSPS) is 15.3. The summed E-state index contributed by atoms with van der Waals surface area (Å²) < 4.78 is 10.5. The van der Waals surface area contributed by atoms with E-state index in [2.05, 4.69) is 0 Å². The van der Waals surface area contributed by atoms with Gasteiger partial charge in [-0.1, -0.05) is 23.7 Å². The molecule has 2 heterocycles. The molecular weight excluding hydrogens is 330 g/mol. The lowest BCUT2D eigenvalue weighted by Crippen LogP contribution is -2.40. The highest BCUT2D eigenvalue weighted by Gasteiger charge is 2.29. The predicted octanol–water partition coefficient (Wildman–Crippen LogP) is 3.63. The largest absolute Gasteiger partial charge is 0.469 e. The number of furan rings is 1. The summed E-state index contributed by atoms with van der Waals surface area (Å²) in [5, 5.41) is 0.574. The first-order valence-electron chi connectivity index (χ1n) is 7.82. The molecule has 1 fully saturated rings. The number of esters is 1. The van der Waals surface area contributed by atoms with Crippen LogP contribution >= 0.6 is 11.6 Å². The minimum Gasteiger partial charge on any atom is -0.469 e. The smallest absolute Gasteiger partial charge is 0.308 e. The van der Waals surface area contributed by atoms with Crippen molar-refractivity contribution in [2.24, 2.45) is 5.92 Å². The molecule has 0 aliphatic carbocycles. The Kier molecular flexibility index (Phi) is 4.90. The number of likely N-dealkylation sites (tertiary alicyclic amines) is 1. The lowest BCUT2D eigenvalue weighted by atomic mass is 9.97. The quantitative estimate of drug-likeness (QED) is 0.795. The average molecular weight is 348 g/mol. The second-order valence-electron chi connectivity index (χ2n) is 5.73. The summed E-state index contributed by atoms with van der Waals surface area (Å²) in [6, 6.07) is 10.7. The number of halogens is 1. The fourth-order valence-corrected chi connectivity index (χ4v) is 3.13. The molecule has 1 aliphatic heterocycles. The number of benzene rings is 1. The Morgan fingerprint density at radius 3 is 2.54 bits per heavy atom. The molecule has 1 saturated heterocycles. The lowest BCUT2D eigenvalue weighted by molar-refractivity contribution is -0.146. The van der Waals surface area contributed by atoms with E-state index in [0.717, 1.165) is 5.56 Å². The van der Waals surface area contributed by atoms with E-state index < -0.39 is 0 Å². The van der Waals surface area contributed by atoms with Crippen LogP contribution < -0.4 is 0 Å². The molecule has 0 N–H and O–H groups in total. The van der Waals surface area contributed by atoms with Crippen LogP contribution in [-0.2, 0) is 9.53 Å². The number of carbonyl (C=O) groups excluding carboxylic acids is 2. The number of carbonyl (C=O) groups is 2. The van der Waals surface area contributed by atoms with Crippen molar-refractivity contribution in [3.8, 4) is 11.3 Å². The summed E-state index contributed by atoms with van der Waals surface area (Å²) in [5.74, 6) is 0.335. The molecule has 3 rings (SSSR count). The molecule has 24 heavy (non-hydrogen) atoms. The summed E-state index contributed by atoms with van der Waals surface area (Å²) in [4.78, 5) is 25.8. The Morgan fingerprint density at radius 1 is 1.17 bits per heavy atom. The van der Waals surface area contributed by atoms with Crippen LogP contribution in [0.5, 0.6) is 0 Å². The van der Waals surface area contributed by atoms with Gasteiger partial charge in [-0.25, -0.2) is 0 Å². The zero-order chi connectivity index (χ0) is 17.1. The molecule has 0 unspecified atom stereocenters. The molecule has 5 nitrogen and oxygen atoms in total. The van der Waals surface area contributed by atoms with Crippen LogP contribution in [0.15, 0.2) is 40.8 Å². The highest BCUT2D eigenvalue weighted by molar-refractivity contribution is 6.33. The van der Waals surface area contributed by atoms with Crippen LogP contribution in [0.25, 0.3) is 11.3 Å².